The number of hydrogen-bond donors (Lipinski definition) is 0. The Morgan fingerprint density at radius 3 is 2.46 bits per heavy atom. The summed E-state index contributed by atoms with van der Waals surface area (Å²) < 4.78 is 0. The second-order valence-corrected chi connectivity index (χ2v) is 8.25. The Morgan fingerprint density at radius 1 is 0.929 bits per heavy atom. The Morgan fingerprint density at radius 2 is 1.75 bits per heavy atom. The van der Waals surface area contributed by atoms with Crippen LogP contribution in [-0.2, 0) is 4.79 Å². The maximum Gasteiger partial charge on any atom is 0.227 e. The van der Waals surface area contributed by atoms with Crippen LogP contribution in [0.3, 0.4) is 0 Å². The highest BCUT2D eigenvalue weighted by atomic mass is 16.2. The van der Waals surface area contributed by atoms with Crippen molar-refractivity contribution in [2.75, 3.05) is 31.1 Å². The number of amides is 1. The van der Waals surface area contributed by atoms with Gasteiger partial charge in [0.25, 0.3) is 0 Å². The number of carbonyl (C=O) groups is 1. The lowest BCUT2D eigenvalue weighted by molar-refractivity contribution is -0.136. The standard InChI is InChI=1S/C23H30N4O/c1-17-8-9-19(15-18(17)2)21-10-11-22(25-24-21)27-14-6-7-20(16-27)23(28)26-12-4-3-5-13-26/h8-11,15,20H,3-7,12-14,16H2,1-2H3. The summed E-state index contributed by atoms with van der Waals surface area (Å²) in [6.45, 7) is 7.80. The molecular formula is C23H30N4O. The Balaban J connectivity index is 1.44. The molecule has 1 amide bonds. The molecule has 3 heterocycles. The topological polar surface area (TPSA) is 49.3 Å². The molecule has 1 aromatic carbocycles. The Hall–Kier alpha value is -2.43. The van der Waals surface area contributed by atoms with E-state index in [4.69, 9.17) is 0 Å². The van der Waals surface area contributed by atoms with E-state index in [1.807, 2.05) is 12.1 Å². The van der Waals surface area contributed by atoms with E-state index in [1.54, 1.807) is 0 Å². The van der Waals surface area contributed by atoms with Gasteiger partial charge in [-0.15, -0.1) is 10.2 Å². The maximum absolute atomic E-state index is 12.9. The summed E-state index contributed by atoms with van der Waals surface area (Å²) in [7, 11) is 0. The lowest BCUT2D eigenvalue weighted by Crippen LogP contribution is -2.46. The molecule has 2 fully saturated rings. The van der Waals surface area contributed by atoms with E-state index in [1.165, 1.54) is 17.5 Å². The third kappa shape index (κ3) is 4.03. The molecule has 0 bridgehead atoms. The number of hydrogen-bond acceptors (Lipinski definition) is 4. The molecule has 0 radical (unpaired) electrons. The molecule has 28 heavy (non-hydrogen) atoms. The van der Waals surface area contributed by atoms with Gasteiger partial charge in [-0.25, -0.2) is 0 Å². The molecule has 5 heteroatoms. The van der Waals surface area contributed by atoms with Crippen LogP contribution in [-0.4, -0.2) is 47.2 Å². The Labute approximate surface area is 167 Å². The van der Waals surface area contributed by atoms with Gasteiger partial charge in [-0.2, -0.15) is 0 Å². The predicted octanol–water partition coefficient (Wildman–Crippen LogP) is 3.99. The lowest BCUT2D eigenvalue weighted by Gasteiger charge is -2.36. The summed E-state index contributed by atoms with van der Waals surface area (Å²) in [5.41, 5.74) is 4.54. The zero-order chi connectivity index (χ0) is 19.5. The first kappa shape index (κ1) is 18.9. The second-order valence-electron chi connectivity index (χ2n) is 8.25. The first-order valence-electron chi connectivity index (χ1n) is 10.6. The number of rotatable bonds is 3. The highest BCUT2D eigenvalue weighted by Gasteiger charge is 2.30. The van der Waals surface area contributed by atoms with Crippen molar-refractivity contribution in [3.8, 4) is 11.3 Å². The average molecular weight is 379 g/mol. The van der Waals surface area contributed by atoms with Crippen molar-refractivity contribution >= 4 is 11.7 Å². The van der Waals surface area contributed by atoms with Crippen molar-refractivity contribution in [2.24, 2.45) is 5.92 Å². The highest BCUT2D eigenvalue weighted by Crippen LogP contribution is 2.26. The number of carbonyl (C=O) groups excluding carboxylic acids is 1. The van der Waals surface area contributed by atoms with Gasteiger partial charge in [0.05, 0.1) is 11.6 Å². The Bertz CT molecular complexity index is 827. The quantitative estimate of drug-likeness (QED) is 0.810. The summed E-state index contributed by atoms with van der Waals surface area (Å²) in [6, 6.07) is 10.5. The molecule has 1 atom stereocenters. The van der Waals surface area contributed by atoms with Crippen molar-refractivity contribution < 1.29 is 4.79 Å². The summed E-state index contributed by atoms with van der Waals surface area (Å²) in [6.07, 6.45) is 5.56. The van der Waals surface area contributed by atoms with Crippen LogP contribution >= 0.6 is 0 Å². The van der Waals surface area contributed by atoms with Gasteiger partial charge in [-0.1, -0.05) is 12.1 Å². The molecule has 2 aliphatic heterocycles. The number of benzene rings is 1. The minimum atomic E-state index is 0.0908. The molecule has 2 aliphatic rings. The van der Waals surface area contributed by atoms with Gasteiger partial charge in [0.1, 0.15) is 0 Å². The van der Waals surface area contributed by atoms with Crippen molar-refractivity contribution in [1.82, 2.24) is 15.1 Å². The minimum absolute atomic E-state index is 0.0908. The highest BCUT2D eigenvalue weighted by molar-refractivity contribution is 5.79. The molecule has 1 unspecified atom stereocenters. The smallest absolute Gasteiger partial charge is 0.227 e. The van der Waals surface area contributed by atoms with Crippen molar-refractivity contribution in [3.05, 3.63) is 41.5 Å². The van der Waals surface area contributed by atoms with Crippen molar-refractivity contribution in [2.45, 2.75) is 46.0 Å². The first-order valence-corrected chi connectivity index (χ1v) is 10.6. The summed E-state index contributed by atoms with van der Waals surface area (Å²) in [5.74, 6) is 1.31. The van der Waals surface area contributed by atoms with Crippen LogP contribution in [0.2, 0.25) is 0 Å². The number of anilines is 1. The number of piperidine rings is 2. The molecule has 2 aromatic rings. The van der Waals surface area contributed by atoms with Crippen LogP contribution in [0.5, 0.6) is 0 Å². The van der Waals surface area contributed by atoms with Gasteiger partial charge >= 0.3 is 0 Å². The SMILES string of the molecule is Cc1ccc(-c2ccc(N3CCCC(C(=O)N4CCCCC4)C3)nn2)cc1C. The number of aryl methyl sites for hydroxylation is 2. The van der Waals surface area contributed by atoms with E-state index in [0.717, 1.165) is 68.9 Å². The third-order valence-corrected chi connectivity index (χ3v) is 6.22. The van der Waals surface area contributed by atoms with Crippen molar-refractivity contribution in [3.63, 3.8) is 0 Å². The second kappa shape index (κ2) is 8.29. The molecule has 0 spiro atoms. The zero-order valence-electron chi connectivity index (χ0n) is 17.0. The molecular weight excluding hydrogens is 348 g/mol. The largest absolute Gasteiger partial charge is 0.354 e. The van der Waals surface area contributed by atoms with Gasteiger partial charge in [0, 0.05) is 31.7 Å². The van der Waals surface area contributed by atoms with Crippen LogP contribution in [0.4, 0.5) is 5.82 Å². The third-order valence-electron chi connectivity index (χ3n) is 6.22. The van der Waals surface area contributed by atoms with E-state index >= 15 is 0 Å². The summed E-state index contributed by atoms with van der Waals surface area (Å²) in [5, 5.41) is 8.96. The maximum atomic E-state index is 12.9. The fraction of sp³-hybridized carbons (Fsp3) is 0.522. The van der Waals surface area contributed by atoms with Gasteiger partial charge in [0.15, 0.2) is 5.82 Å². The fourth-order valence-corrected chi connectivity index (χ4v) is 4.31. The zero-order valence-corrected chi connectivity index (χ0v) is 17.0. The minimum Gasteiger partial charge on any atom is -0.354 e. The molecule has 2 saturated heterocycles. The molecule has 4 rings (SSSR count). The van der Waals surface area contributed by atoms with Gasteiger partial charge in [-0.05, 0) is 75.3 Å². The summed E-state index contributed by atoms with van der Waals surface area (Å²) in [4.78, 5) is 17.2. The number of nitrogens with zero attached hydrogens (tertiary/aromatic N) is 4. The molecule has 1 aromatic heterocycles. The Kier molecular flexibility index (Phi) is 5.60. The average Bonchev–Trinajstić information content (AvgIpc) is 2.76. The molecule has 0 N–H and O–H groups in total. The van der Waals surface area contributed by atoms with Crippen LogP contribution < -0.4 is 4.90 Å². The molecule has 0 aliphatic carbocycles. The van der Waals surface area contributed by atoms with Crippen LogP contribution in [0.25, 0.3) is 11.3 Å². The normalized spacial score (nSPS) is 20.3. The van der Waals surface area contributed by atoms with Crippen LogP contribution in [0, 0.1) is 19.8 Å². The van der Waals surface area contributed by atoms with Gasteiger partial charge in [0.2, 0.25) is 5.91 Å². The molecule has 0 saturated carbocycles. The van der Waals surface area contributed by atoms with Gasteiger partial charge < -0.3 is 9.80 Å². The first-order chi connectivity index (χ1) is 13.6. The van der Waals surface area contributed by atoms with E-state index in [9.17, 15) is 4.79 Å². The van der Waals surface area contributed by atoms with E-state index in [0.29, 0.717) is 5.91 Å². The number of aromatic nitrogens is 2. The lowest BCUT2D eigenvalue weighted by atomic mass is 9.95. The predicted molar refractivity (Wildman–Crippen MR) is 112 cm³/mol. The number of likely N-dealkylation sites (tertiary alicyclic amines) is 1. The van der Waals surface area contributed by atoms with E-state index in [-0.39, 0.29) is 5.92 Å². The van der Waals surface area contributed by atoms with Crippen LogP contribution in [0.15, 0.2) is 30.3 Å². The van der Waals surface area contributed by atoms with Gasteiger partial charge in [-0.3, -0.25) is 4.79 Å². The van der Waals surface area contributed by atoms with Crippen molar-refractivity contribution in [1.29, 1.82) is 0 Å². The van der Waals surface area contributed by atoms with E-state index < -0.39 is 0 Å². The fourth-order valence-electron chi connectivity index (χ4n) is 4.31. The molecule has 5 nitrogen and oxygen atoms in total. The monoisotopic (exact) mass is 378 g/mol. The molecule has 148 valence electrons. The van der Waals surface area contributed by atoms with Crippen LogP contribution in [0.1, 0.15) is 43.2 Å². The van der Waals surface area contributed by atoms with E-state index in [2.05, 4.69) is 52.0 Å². The summed E-state index contributed by atoms with van der Waals surface area (Å²) >= 11 is 0.